The van der Waals surface area contributed by atoms with E-state index in [1.807, 2.05) is 6.92 Å². The third kappa shape index (κ3) is 3.09. The maximum Gasteiger partial charge on any atom is 0.240 e. The maximum absolute atomic E-state index is 12.3. The molecular weight excluding hydrogens is 260 g/mol. The number of nitrogen functional groups attached to an aromatic ring is 1. The summed E-state index contributed by atoms with van der Waals surface area (Å²) in [7, 11) is -3.45. The first-order valence-electron chi connectivity index (χ1n) is 6.84. The van der Waals surface area contributed by atoms with E-state index in [0.29, 0.717) is 11.6 Å². The number of aryl methyl sites for hydroxylation is 1. The molecule has 2 rings (SSSR count). The lowest BCUT2D eigenvalue weighted by atomic mass is 10.1. The Morgan fingerprint density at radius 1 is 1.37 bits per heavy atom. The molecular formula is C14H22N2O2S. The summed E-state index contributed by atoms with van der Waals surface area (Å²) in [6, 6.07) is 5.04. The van der Waals surface area contributed by atoms with Crippen molar-refractivity contribution >= 4 is 15.7 Å². The van der Waals surface area contributed by atoms with E-state index in [-0.39, 0.29) is 10.9 Å². The summed E-state index contributed by atoms with van der Waals surface area (Å²) in [6.07, 6.45) is 3.90. The fourth-order valence-corrected chi connectivity index (χ4v) is 4.06. The van der Waals surface area contributed by atoms with Crippen LogP contribution in [-0.2, 0) is 16.4 Å². The smallest absolute Gasteiger partial charge is 0.240 e. The van der Waals surface area contributed by atoms with Crippen LogP contribution in [0.15, 0.2) is 23.1 Å². The van der Waals surface area contributed by atoms with Crippen molar-refractivity contribution in [1.29, 1.82) is 0 Å². The summed E-state index contributed by atoms with van der Waals surface area (Å²) < 4.78 is 27.4. The van der Waals surface area contributed by atoms with E-state index < -0.39 is 10.0 Å². The largest absolute Gasteiger partial charge is 0.398 e. The number of hydrogen-bond donors (Lipinski definition) is 2. The third-order valence-corrected chi connectivity index (χ3v) is 5.46. The van der Waals surface area contributed by atoms with E-state index in [4.69, 9.17) is 5.73 Å². The van der Waals surface area contributed by atoms with Crippen LogP contribution in [-0.4, -0.2) is 14.5 Å². The SMILES string of the molecule is CCc1ccc(S(=O)(=O)NC2CCCC2C)cc1N. The van der Waals surface area contributed by atoms with Crippen molar-refractivity contribution in [2.75, 3.05) is 5.73 Å². The molecule has 1 fully saturated rings. The average Bonchev–Trinajstić information content (AvgIpc) is 2.74. The molecule has 4 nitrogen and oxygen atoms in total. The van der Waals surface area contributed by atoms with Crippen LogP contribution in [0.3, 0.4) is 0 Å². The molecule has 0 radical (unpaired) electrons. The number of nitrogens with two attached hydrogens (primary N) is 1. The van der Waals surface area contributed by atoms with E-state index in [9.17, 15) is 8.42 Å². The zero-order valence-electron chi connectivity index (χ0n) is 11.5. The van der Waals surface area contributed by atoms with Crippen LogP contribution in [0, 0.1) is 5.92 Å². The fraction of sp³-hybridized carbons (Fsp3) is 0.571. The van der Waals surface area contributed by atoms with E-state index in [1.54, 1.807) is 18.2 Å². The minimum Gasteiger partial charge on any atom is -0.398 e. The monoisotopic (exact) mass is 282 g/mol. The second-order valence-corrected chi connectivity index (χ2v) is 7.06. The van der Waals surface area contributed by atoms with Gasteiger partial charge in [0.25, 0.3) is 0 Å². The molecule has 0 amide bonds. The van der Waals surface area contributed by atoms with Crippen LogP contribution in [0.1, 0.15) is 38.7 Å². The van der Waals surface area contributed by atoms with Crippen LogP contribution >= 0.6 is 0 Å². The lowest BCUT2D eigenvalue weighted by Gasteiger charge is -2.17. The van der Waals surface area contributed by atoms with Crippen LogP contribution in [0.2, 0.25) is 0 Å². The van der Waals surface area contributed by atoms with Gasteiger partial charge in [0.2, 0.25) is 10.0 Å². The molecule has 0 saturated heterocycles. The summed E-state index contributed by atoms with van der Waals surface area (Å²) >= 11 is 0. The van der Waals surface area contributed by atoms with Crippen LogP contribution < -0.4 is 10.5 Å². The fourth-order valence-electron chi connectivity index (χ4n) is 2.65. The zero-order chi connectivity index (χ0) is 14.0. The first-order chi connectivity index (χ1) is 8.94. The van der Waals surface area contributed by atoms with Crippen molar-refractivity contribution < 1.29 is 8.42 Å². The van der Waals surface area contributed by atoms with Crippen molar-refractivity contribution in [3.05, 3.63) is 23.8 Å². The van der Waals surface area contributed by atoms with E-state index in [1.165, 1.54) is 0 Å². The molecule has 1 aliphatic rings. The highest BCUT2D eigenvalue weighted by atomic mass is 32.2. The van der Waals surface area contributed by atoms with Gasteiger partial charge in [-0.3, -0.25) is 0 Å². The van der Waals surface area contributed by atoms with Gasteiger partial charge in [-0.2, -0.15) is 0 Å². The highest BCUT2D eigenvalue weighted by Crippen LogP contribution is 2.27. The summed E-state index contributed by atoms with van der Waals surface area (Å²) in [5, 5.41) is 0. The molecule has 1 aromatic rings. The van der Waals surface area contributed by atoms with Crippen LogP contribution in [0.25, 0.3) is 0 Å². The van der Waals surface area contributed by atoms with Crippen molar-refractivity contribution in [3.63, 3.8) is 0 Å². The quantitative estimate of drug-likeness (QED) is 0.832. The molecule has 2 unspecified atom stereocenters. The number of benzene rings is 1. The van der Waals surface area contributed by atoms with Gasteiger partial charge in [-0.1, -0.05) is 26.3 Å². The van der Waals surface area contributed by atoms with E-state index in [2.05, 4.69) is 11.6 Å². The highest BCUT2D eigenvalue weighted by Gasteiger charge is 2.28. The maximum atomic E-state index is 12.3. The van der Waals surface area contributed by atoms with Crippen molar-refractivity contribution in [2.24, 2.45) is 5.92 Å². The number of hydrogen-bond acceptors (Lipinski definition) is 3. The van der Waals surface area contributed by atoms with Crippen molar-refractivity contribution in [1.82, 2.24) is 4.72 Å². The molecule has 0 spiro atoms. The Balaban J connectivity index is 2.22. The second-order valence-electron chi connectivity index (χ2n) is 5.35. The first-order valence-corrected chi connectivity index (χ1v) is 8.33. The predicted molar refractivity (Wildman–Crippen MR) is 77.4 cm³/mol. The zero-order valence-corrected chi connectivity index (χ0v) is 12.3. The molecule has 0 aliphatic heterocycles. The Morgan fingerprint density at radius 3 is 2.63 bits per heavy atom. The van der Waals surface area contributed by atoms with Gasteiger partial charge in [0.15, 0.2) is 0 Å². The second kappa shape index (κ2) is 5.51. The van der Waals surface area contributed by atoms with Crippen LogP contribution in [0.4, 0.5) is 5.69 Å². The molecule has 0 heterocycles. The summed E-state index contributed by atoms with van der Waals surface area (Å²) in [5.74, 6) is 0.405. The van der Waals surface area contributed by atoms with Gasteiger partial charge in [-0.05, 0) is 42.9 Å². The molecule has 1 aliphatic carbocycles. The molecule has 106 valence electrons. The number of rotatable bonds is 4. The lowest BCUT2D eigenvalue weighted by Crippen LogP contribution is -2.36. The van der Waals surface area contributed by atoms with Crippen molar-refractivity contribution in [2.45, 2.75) is 50.5 Å². The van der Waals surface area contributed by atoms with Gasteiger partial charge in [-0.15, -0.1) is 0 Å². The molecule has 2 atom stereocenters. The average molecular weight is 282 g/mol. The number of anilines is 1. The Hall–Kier alpha value is -1.07. The van der Waals surface area contributed by atoms with Gasteiger partial charge in [0.05, 0.1) is 4.90 Å². The van der Waals surface area contributed by atoms with Crippen molar-refractivity contribution in [3.8, 4) is 0 Å². The van der Waals surface area contributed by atoms with Gasteiger partial charge < -0.3 is 5.73 Å². The minimum atomic E-state index is -3.45. The normalized spacial score (nSPS) is 23.7. The Labute approximate surface area is 115 Å². The highest BCUT2D eigenvalue weighted by molar-refractivity contribution is 7.89. The standard InChI is InChI=1S/C14H22N2O2S/c1-3-11-7-8-12(9-13(11)15)19(17,18)16-14-6-4-5-10(14)2/h7-10,14,16H,3-6,15H2,1-2H3. The Morgan fingerprint density at radius 2 is 2.11 bits per heavy atom. The molecule has 5 heteroatoms. The molecule has 19 heavy (non-hydrogen) atoms. The van der Waals surface area contributed by atoms with E-state index in [0.717, 1.165) is 31.2 Å². The summed E-state index contributed by atoms with van der Waals surface area (Å²) in [6.45, 7) is 4.09. The first kappa shape index (κ1) is 14.3. The molecule has 3 N–H and O–H groups in total. The summed E-state index contributed by atoms with van der Waals surface area (Å²) in [4.78, 5) is 0.265. The van der Waals surface area contributed by atoms with Gasteiger partial charge in [0.1, 0.15) is 0 Å². The van der Waals surface area contributed by atoms with Gasteiger partial charge in [0, 0.05) is 11.7 Å². The van der Waals surface area contributed by atoms with Crippen LogP contribution in [0.5, 0.6) is 0 Å². The summed E-state index contributed by atoms with van der Waals surface area (Å²) in [5.41, 5.74) is 7.40. The predicted octanol–water partition coefficient (Wildman–Crippen LogP) is 2.30. The number of nitrogens with one attached hydrogen (secondary N) is 1. The topological polar surface area (TPSA) is 72.2 Å². The Bertz CT molecular complexity index is 555. The number of sulfonamides is 1. The Kier molecular flexibility index (Phi) is 4.16. The molecule has 1 saturated carbocycles. The van der Waals surface area contributed by atoms with Gasteiger partial charge in [-0.25, -0.2) is 13.1 Å². The third-order valence-electron chi connectivity index (χ3n) is 3.98. The van der Waals surface area contributed by atoms with Gasteiger partial charge >= 0.3 is 0 Å². The van der Waals surface area contributed by atoms with E-state index >= 15 is 0 Å². The molecule has 1 aromatic carbocycles. The lowest BCUT2D eigenvalue weighted by molar-refractivity contribution is 0.476. The molecule has 0 bridgehead atoms. The molecule has 0 aromatic heterocycles. The minimum absolute atomic E-state index is 0.0528.